The molecular weight excluding hydrogens is 317 g/mol. The van der Waals surface area contributed by atoms with Gasteiger partial charge in [0.1, 0.15) is 0 Å². The Kier molecular flexibility index (Phi) is 4.81. The van der Waals surface area contributed by atoms with Crippen LogP contribution >= 0.6 is 11.3 Å². The smallest absolute Gasteiger partial charge is 0.290 e. The summed E-state index contributed by atoms with van der Waals surface area (Å²) in [5, 5.41) is 8.41. The zero-order valence-corrected chi connectivity index (χ0v) is 11.8. The third-order valence-corrected chi connectivity index (χ3v) is 3.47. The molecule has 2 aromatic rings. The van der Waals surface area contributed by atoms with Gasteiger partial charge in [0.05, 0.1) is 10.6 Å². The van der Waals surface area contributed by atoms with E-state index in [1.807, 2.05) is 0 Å². The molecule has 0 aliphatic heterocycles. The van der Waals surface area contributed by atoms with Gasteiger partial charge in [0, 0.05) is 0 Å². The van der Waals surface area contributed by atoms with E-state index in [2.05, 4.69) is 10.2 Å². The first-order valence-corrected chi connectivity index (χ1v) is 6.92. The summed E-state index contributed by atoms with van der Waals surface area (Å²) in [7, 11) is 0. The predicted molar refractivity (Wildman–Crippen MR) is 74.5 cm³/mol. The van der Waals surface area contributed by atoms with Crippen LogP contribution < -0.4 is 0 Å². The van der Waals surface area contributed by atoms with Gasteiger partial charge in [-0.25, -0.2) is 0 Å². The SMILES string of the molecule is O=C(c1cccs1)C(N=Nc1ccccc1)C(=O)C(F)(F)F. The van der Waals surface area contributed by atoms with E-state index in [9.17, 15) is 22.8 Å². The van der Waals surface area contributed by atoms with Crippen LogP contribution in [0.15, 0.2) is 58.1 Å². The number of hydrogen-bond acceptors (Lipinski definition) is 5. The molecule has 0 N–H and O–H groups in total. The number of nitrogens with zero attached hydrogens (tertiary/aromatic N) is 2. The highest BCUT2D eigenvalue weighted by Gasteiger charge is 2.47. The summed E-state index contributed by atoms with van der Waals surface area (Å²) in [5.74, 6) is -3.25. The monoisotopic (exact) mass is 326 g/mol. The van der Waals surface area contributed by atoms with Gasteiger partial charge < -0.3 is 0 Å². The molecule has 2 rings (SSSR count). The van der Waals surface area contributed by atoms with E-state index >= 15 is 0 Å². The van der Waals surface area contributed by atoms with E-state index in [0.29, 0.717) is 0 Å². The number of azo groups is 1. The number of Topliss-reactive ketones (excluding diaryl/α,β-unsaturated/α-hetero) is 2. The second kappa shape index (κ2) is 6.61. The number of hydrogen-bond donors (Lipinski definition) is 0. The van der Waals surface area contributed by atoms with Gasteiger partial charge >= 0.3 is 6.18 Å². The maximum Gasteiger partial charge on any atom is 0.452 e. The van der Waals surface area contributed by atoms with Crippen LogP contribution in [0.25, 0.3) is 0 Å². The molecule has 0 fully saturated rings. The molecule has 0 bridgehead atoms. The highest BCUT2D eigenvalue weighted by Crippen LogP contribution is 2.24. The number of alkyl halides is 3. The lowest BCUT2D eigenvalue weighted by atomic mass is 10.1. The number of benzene rings is 1. The van der Waals surface area contributed by atoms with Crippen molar-refractivity contribution in [3.63, 3.8) is 0 Å². The zero-order valence-electron chi connectivity index (χ0n) is 10.9. The Bertz CT molecular complexity index is 682. The van der Waals surface area contributed by atoms with Crippen LogP contribution in [0.5, 0.6) is 0 Å². The Morgan fingerprint density at radius 3 is 2.27 bits per heavy atom. The van der Waals surface area contributed by atoms with Crippen molar-refractivity contribution >= 4 is 28.6 Å². The van der Waals surface area contributed by atoms with Crippen LogP contribution in [-0.4, -0.2) is 23.8 Å². The standard InChI is InChI=1S/C14H9F3N2O2S/c15-14(16,17)13(21)11(12(20)10-7-4-8-22-10)19-18-9-5-2-1-3-6-9/h1-8,11H. The van der Waals surface area contributed by atoms with E-state index in [4.69, 9.17) is 0 Å². The fourth-order valence-electron chi connectivity index (χ4n) is 1.55. The van der Waals surface area contributed by atoms with Gasteiger partial charge in [-0.05, 0) is 23.6 Å². The number of rotatable bonds is 5. The molecule has 1 unspecified atom stereocenters. The van der Waals surface area contributed by atoms with Crippen molar-refractivity contribution in [3.05, 3.63) is 52.7 Å². The quantitative estimate of drug-likeness (QED) is 0.469. The molecule has 1 heterocycles. The topological polar surface area (TPSA) is 58.9 Å². The third-order valence-electron chi connectivity index (χ3n) is 2.58. The summed E-state index contributed by atoms with van der Waals surface area (Å²) >= 11 is 0.938. The van der Waals surface area contributed by atoms with Gasteiger partial charge in [-0.2, -0.15) is 23.4 Å². The first-order valence-electron chi connectivity index (χ1n) is 6.04. The van der Waals surface area contributed by atoms with Crippen molar-refractivity contribution in [2.24, 2.45) is 10.2 Å². The average molecular weight is 326 g/mol. The van der Waals surface area contributed by atoms with E-state index in [0.717, 1.165) is 11.3 Å². The molecular formula is C14H9F3N2O2S. The number of ketones is 2. The first kappa shape index (κ1) is 16.0. The Morgan fingerprint density at radius 2 is 1.73 bits per heavy atom. The number of carbonyl (C=O) groups is 2. The zero-order chi connectivity index (χ0) is 16.2. The molecule has 0 radical (unpaired) electrons. The van der Waals surface area contributed by atoms with Crippen molar-refractivity contribution in [3.8, 4) is 0 Å². The molecule has 0 saturated carbocycles. The number of halogens is 3. The molecule has 1 atom stereocenters. The summed E-state index contributed by atoms with van der Waals surface area (Å²) in [6, 6.07) is 8.50. The van der Waals surface area contributed by atoms with E-state index in [1.165, 1.54) is 29.6 Å². The molecule has 8 heteroatoms. The molecule has 0 saturated heterocycles. The molecule has 0 spiro atoms. The molecule has 1 aromatic heterocycles. The average Bonchev–Trinajstić information content (AvgIpc) is 3.01. The summed E-state index contributed by atoms with van der Waals surface area (Å²) in [6.45, 7) is 0. The molecule has 0 amide bonds. The van der Waals surface area contributed by atoms with Crippen LogP contribution in [0.4, 0.5) is 18.9 Å². The number of thiophene rings is 1. The van der Waals surface area contributed by atoms with Gasteiger partial charge in [0.2, 0.25) is 11.8 Å². The fraction of sp³-hybridized carbons (Fsp3) is 0.143. The molecule has 0 aliphatic rings. The minimum atomic E-state index is -5.16. The lowest BCUT2D eigenvalue weighted by Gasteiger charge is -2.10. The molecule has 114 valence electrons. The number of carbonyl (C=O) groups excluding carboxylic acids is 2. The van der Waals surface area contributed by atoms with Gasteiger partial charge in [0.25, 0.3) is 5.78 Å². The minimum absolute atomic E-state index is 0.0228. The second-order valence-electron chi connectivity index (χ2n) is 4.16. The third kappa shape index (κ3) is 3.85. The van der Waals surface area contributed by atoms with Crippen LogP contribution in [0.3, 0.4) is 0 Å². The second-order valence-corrected chi connectivity index (χ2v) is 5.10. The Morgan fingerprint density at radius 1 is 1.05 bits per heavy atom. The largest absolute Gasteiger partial charge is 0.452 e. The van der Waals surface area contributed by atoms with E-state index in [1.54, 1.807) is 18.2 Å². The molecule has 4 nitrogen and oxygen atoms in total. The Hall–Kier alpha value is -2.35. The van der Waals surface area contributed by atoms with Gasteiger partial charge in [-0.15, -0.1) is 11.3 Å². The molecule has 1 aromatic carbocycles. The highest BCUT2D eigenvalue weighted by molar-refractivity contribution is 7.12. The summed E-state index contributed by atoms with van der Waals surface area (Å²) in [6.07, 6.45) is -5.16. The van der Waals surface area contributed by atoms with Crippen molar-refractivity contribution in [2.45, 2.75) is 12.2 Å². The lowest BCUT2D eigenvalue weighted by Crippen LogP contribution is -2.38. The Labute approximate surface area is 127 Å². The summed E-state index contributed by atoms with van der Waals surface area (Å²) in [4.78, 5) is 23.5. The summed E-state index contributed by atoms with van der Waals surface area (Å²) < 4.78 is 37.9. The van der Waals surface area contributed by atoms with Crippen LogP contribution in [0.2, 0.25) is 0 Å². The van der Waals surface area contributed by atoms with Crippen molar-refractivity contribution < 1.29 is 22.8 Å². The van der Waals surface area contributed by atoms with Crippen LogP contribution in [-0.2, 0) is 4.79 Å². The van der Waals surface area contributed by atoms with E-state index < -0.39 is 23.8 Å². The lowest BCUT2D eigenvalue weighted by molar-refractivity contribution is -0.171. The normalized spacial score (nSPS) is 13.2. The van der Waals surface area contributed by atoms with Crippen LogP contribution in [0.1, 0.15) is 9.67 Å². The molecule has 0 aliphatic carbocycles. The first-order chi connectivity index (χ1) is 10.4. The maximum absolute atomic E-state index is 12.6. The van der Waals surface area contributed by atoms with Crippen molar-refractivity contribution in [1.29, 1.82) is 0 Å². The van der Waals surface area contributed by atoms with Crippen molar-refractivity contribution in [2.75, 3.05) is 0 Å². The molecule has 22 heavy (non-hydrogen) atoms. The van der Waals surface area contributed by atoms with Crippen molar-refractivity contribution in [1.82, 2.24) is 0 Å². The van der Waals surface area contributed by atoms with Crippen LogP contribution in [0, 0.1) is 0 Å². The van der Waals surface area contributed by atoms with Gasteiger partial charge in [0.15, 0.2) is 0 Å². The fourth-order valence-corrected chi connectivity index (χ4v) is 2.24. The minimum Gasteiger partial charge on any atom is -0.290 e. The summed E-state index contributed by atoms with van der Waals surface area (Å²) in [5.41, 5.74) is 0.251. The predicted octanol–water partition coefficient (Wildman–Crippen LogP) is 4.21. The maximum atomic E-state index is 12.6. The van der Waals surface area contributed by atoms with Gasteiger partial charge in [-0.3, -0.25) is 9.59 Å². The van der Waals surface area contributed by atoms with Gasteiger partial charge in [-0.1, -0.05) is 24.3 Å². The highest BCUT2D eigenvalue weighted by atomic mass is 32.1. The van der Waals surface area contributed by atoms with E-state index in [-0.39, 0.29) is 10.6 Å². The Balaban J connectivity index is 2.32.